The summed E-state index contributed by atoms with van der Waals surface area (Å²) in [6.07, 6.45) is 19.6. The Kier molecular flexibility index (Phi) is 6.90. The lowest BCUT2D eigenvalue weighted by molar-refractivity contribution is 0.734. The van der Waals surface area contributed by atoms with E-state index in [4.69, 9.17) is 0 Å². The molecule has 114 valence electrons. The molecule has 2 aliphatic rings. The normalized spacial score (nSPS) is 18.9. The van der Waals surface area contributed by atoms with Crippen molar-refractivity contribution in [3.8, 4) is 0 Å². The highest BCUT2D eigenvalue weighted by molar-refractivity contribution is 5.40. The van der Waals surface area contributed by atoms with Gasteiger partial charge in [-0.2, -0.15) is 0 Å². The standard InChI is InChI=1S/C20H34/c1-3-5-15-19(17-11-7-8-12-17)20(16-6-4-2)18-13-9-10-14-18/h3-16H2,1-2H3. The largest absolute Gasteiger partial charge is 0.0667 e. The summed E-state index contributed by atoms with van der Waals surface area (Å²) in [4.78, 5) is 0. The first-order chi connectivity index (χ1) is 9.86. The quantitative estimate of drug-likeness (QED) is 0.464. The minimum atomic E-state index is 1.34. The SMILES string of the molecule is CCCCC(=C1CCCC1)C(CCCC)=C1CCCC1. The van der Waals surface area contributed by atoms with Gasteiger partial charge in [-0.25, -0.2) is 0 Å². The molecule has 0 nitrogen and oxygen atoms in total. The zero-order chi connectivity index (χ0) is 14.2. The van der Waals surface area contributed by atoms with Gasteiger partial charge in [-0.15, -0.1) is 0 Å². The van der Waals surface area contributed by atoms with Gasteiger partial charge >= 0.3 is 0 Å². The van der Waals surface area contributed by atoms with E-state index in [1.54, 1.807) is 0 Å². The summed E-state index contributed by atoms with van der Waals surface area (Å²) in [6.45, 7) is 4.68. The van der Waals surface area contributed by atoms with Gasteiger partial charge in [0.05, 0.1) is 0 Å². The van der Waals surface area contributed by atoms with E-state index in [9.17, 15) is 0 Å². The molecule has 0 bridgehead atoms. The molecule has 2 saturated carbocycles. The molecule has 0 spiro atoms. The third kappa shape index (κ3) is 4.24. The lowest BCUT2D eigenvalue weighted by atomic mass is 9.87. The molecule has 0 amide bonds. The zero-order valence-electron chi connectivity index (χ0n) is 13.9. The molecule has 0 aromatic carbocycles. The lowest BCUT2D eigenvalue weighted by Crippen LogP contribution is -1.99. The van der Waals surface area contributed by atoms with Crippen molar-refractivity contribution in [3.05, 3.63) is 22.3 Å². The molecule has 20 heavy (non-hydrogen) atoms. The minimum absolute atomic E-state index is 1.34. The van der Waals surface area contributed by atoms with Crippen molar-refractivity contribution in [2.45, 2.75) is 104 Å². The van der Waals surface area contributed by atoms with Crippen LogP contribution in [0, 0.1) is 0 Å². The van der Waals surface area contributed by atoms with Crippen LogP contribution in [-0.2, 0) is 0 Å². The topological polar surface area (TPSA) is 0 Å². The molecule has 2 aliphatic carbocycles. The Hall–Kier alpha value is -0.520. The number of hydrogen-bond acceptors (Lipinski definition) is 0. The zero-order valence-corrected chi connectivity index (χ0v) is 13.9. The van der Waals surface area contributed by atoms with Gasteiger partial charge in [0, 0.05) is 0 Å². The molecule has 2 fully saturated rings. The summed E-state index contributed by atoms with van der Waals surface area (Å²) in [5.41, 5.74) is 7.39. The van der Waals surface area contributed by atoms with Gasteiger partial charge in [0.15, 0.2) is 0 Å². The Morgan fingerprint density at radius 2 is 1.00 bits per heavy atom. The van der Waals surface area contributed by atoms with E-state index in [1.807, 2.05) is 22.3 Å². The predicted molar refractivity (Wildman–Crippen MR) is 90.0 cm³/mol. The van der Waals surface area contributed by atoms with Crippen molar-refractivity contribution in [3.63, 3.8) is 0 Å². The molecule has 0 heteroatoms. The van der Waals surface area contributed by atoms with Crippen LogP contribution < -0.4 is 0 Å². The van der Waals surface area contributed by atoms with Crippen molar-refractivity contribution >= 4 is 0 Å². The van der Waals surface area contributed by atoms with E-state index in [1.165, 1.54) is 89.9 Å². The maximum Gasteiger partial charge on any atom is -0.0277 e. The van der Waals surface area contributed by atoms with Gasteiger partial charge in [0.25, 0.3) is 0 Å². The Bertz CT molecular complexity index is 304. The van der Waals surface area contributed by atoms with E-state index in [0.717, 1.165) is 0 Å². The monoisotopic (exact) mass is 274 g/mol. The van der Waals surface area contributed by atoms with Gasteiger partial charge < -0.3 is 0 Å². The third-order valence-electron chi connectivity index (χ3n) is 5.19. The summed E-state index contributed by atoms with van der Waals surface area (Å²) in [7, 11) is 0. The van der Waals surface area contributed by atoms with Crippen molar-refractivity contribution in [1.82, 2.24) is 0 Å². The second-order valence-corrected chi connectivity index (χ2v) is 6.79. The van der Waals surface area contributed by atoms with Gasteiger partial charge in [0.1, 0.15) is 0 Å². The van der Waals surface area contributed by atoms with Crippen LogP contribution in [0.25, 0.3) is 0 Å². The molecule has 0 N–H and O–H groups in total. The molecule has 0 saturated heterocycles. The van der Waals surface area contributed by atoms with E-state index < -0.39 is 0 Å². The molecular weight excluding hydrogens is 240 g/mol. The van der Waals surface area contributed by atoms with Gasteiger partial charge in [-0.1, -0.05) is 37.8 Å². The van der Waals surface area contributed by atoms with Crippen molar-refractivity contribution in [2.75, 3.05) is 0 Å². The van der Waals surface area contributed by atoms with Gasteiger partial charge in [-0.3, -0.25) is 0 Å². The first-order valence-electron chi connectivity index (χ1n) is 9.29. The van der Waals surface area contributed by atoms with E-state index in [0.29, 0.717) is 0 Å². The highest BCUT2D eigenvalue weighted by atomic mass is 14.3. The molecule has 0 aromatic rings. The smallest absolute Gasteiger partial charge is 0.0277 e. The van der Waals surface area contributed by atoms with Gasteiger partial charge in [-0.05, 0) is 88.2 Å². The van der Waals surface area contributed by atoms with E-state index in [2.05, 4.69) is 13.8 Å². The molecule has 0 atom stereocenters. The Balaban J connectivity index is 2.25. The van der Waals surface area contributed by atoms with Crippen molar-refractivity contribution < 1.29 is 0 Å². The van der Waals surface area contributed by atoms with Crippen molar-refractivity contribution in [1.29, 1.82) is 0 Å². The summed E-state index contributed by atoms with van der Waals surface area (Å²) in [5.74, 6) is 0. The Morgan fingerprint density at radius 3 is 1.30 bits per heavy atom. The van der Waals surface area contributed by atoms with Crippen LogP contribution in [0.3, 0.4) is 0 Å². The number of rotatable bonds is 7. The maximum absolute atomic E-state index is 2.34. The second kappa shape index (κ2) is 8.70. The van der Waals surface area contributed by atoms with Crippen molar-refractivity contribution in [2.24, 2.45) is 0 Å². The first kappa shape index (κ1) is 15.9. The van der Waals surface area contributed by atoms with Crippen LogP contribution in [-0.4, -0.2) is 0 Å². The summed E-state index contributed by atoms with van der Waals surface area (Å²) < 4.78 is 0. The van der Waals surface area contributed by atoms with E-state index in [-0.39, 0.29) is 0 Å². The first-order valence-corrected chi connectivity index (χ1v) is 9.29. The fourth-order valence-corrected chi connectivity index (χ4v) is 4.00. The van der Waals surface area contributed by atoms with Crippen LogP contribution in [0.2, 0.25) is 0 Å². The predicted octanol–water partition coefficient (Wildman–Crippen LogP) is 7.11. The highest BCUT2D eigenvalue weighted by Crippen LogP contribution is 2.39. The van der Waals surface area contributed by atoms with Crippen LogP contribution in [0.5, 0.6) is 0 Å². The fourth-order valence-electron chi connectivity index (χ4n) is 4.00. The number of hydrogen-bond donors (Lipinski definition) is 0. The van der Waals surface area contributed by atoms with E-state index >= 15 is 0 Å². The molecule has 0 heterocycles. The minimum Gasteiger partial charge on any atom is -0.0667 e. The highest BCUT2D eigenvalue weighted by Gasteiger charge is 2.20. The van der Waals surface area contributed by atoms with Crippen LogP contribution in [0.15, 0.2) is 22.3 Å². The second-order valence-electron chi connectivity index (χ2n) is 6.79. The number of allylic oxidation sites excluding steroid dienone is 4. The fraction of sp³-hybridized carbons (Fsp3) is 0.800. The summed E-state index contributed by atoms with van der Waals surface area (Å²) >= 11 is 0. The molecule has 0 radical (unpaired) electrons. The Labute approximate surface area is 126 Å². The molecule has 2 rings (SSSR count). The lowest BCUT2D eigenvalue weighted by Gasteiger charge is -2.19. The molecule has 0 unspecified atom stereocenters. The molecule has 0 aliphatic heterocycles. The average Bonchev–Trinajstić information content (AvgIpc) is 3.14. The van der Waals surface area contributed by atoms with Crippen LogP contribution >= 0.6 is 0 Å². The average molecular weight is 274 g/mol. The maximum atomic E-state index is 2.34. The molecule has 0 aromatic heterocycles. The molecular formula is C20H34. The third-order valence-corrected chi connectivity index (χ3v) is 5.19. The van der Waals surface area contributed by atoms with Crippen LogP contribution in [0.4, 0.5) is 0 Å². The van der Waals surface area contributed by atoms with Gasteiger partial charge in [0.2, 0.25) is 0 Å². The number of unbranched alkanes of at least 4 members (excludes halogenated alkanes) is 2. The van der Waals surface area contributed by atoms with Crippen LogP contribution in [0.1, 0.15) is 104 Å². The Morgan fingerprint density at radius 1 is 0.650 bits per heavy atom. The summed E-state index contributed by atoms with van der Waals surface area (Å²) in [6, 6.07) is 0. The summed E-state index contributed by atoms with van der Waals surface area (Å²) in [5, 5.41) is 0.